The Morgan fingerprint density at radius 3 is 1.38 bits per heavy atom. The summed E-state index contributed by atoms with van der Waals surface area (Å²) >= 11 is 0. The molecule has 0 amide bonds. The minimum Gasteiger partial charge on any atom is -0.392 e. The maximum atomic E-state index is 9.49. The molecule has 1 aromatic carbocycles. The average molecular weight is 375 g/mol. The second-order valence-electron chi connectivity index (χ2n) is 6.69. The van der Waals surface area contributed by atoms with Gasteiger partial charge in [-0.25, -0.2) is 0 Å². The average Bonchev–Trinajstić information content (AvgIpc) is 2.37. The van der Waals surface area contributed by atoms with E-state index < -0.39 is 23.9 Å². The van der Waals surface area contributed by atoms with E-state index in [1.807, 2.05) is 35.2 Å². The third kappa shape index (κ3) is 14.1. The van der Waals surface area contributed by atoms with Crippen LogP contribution in [0, 0.1) is 0 Å². The monoisotopic (exact) mass is 375 g/mol. The van der Waals surface area contributed by atoms with Crippen LogP contribution in [0.5, 0.6) is 0 Å². The molecular formula is C18H33NO4Ti. The fraction of sp³-hybridized carbons (Fsp3) is 0.667. The first-order valence-electron chi connectivity index (χ1n) is 8.06. The molecule has 0 aliphatic carbocycles. The van der Waals surface area contributed by atoms with Crippen LogP contribution in [0.25, 0.3) is 0 Å². The van der Waals surface area contributed by atoms with Gasteiger partial charge < -0.3 is 20.4 Å². The van der Waals surface area contributed by atoms with E-state index in [-0.39, 0.29) is 21.7 Å². The molecule has 24 heavy (non-hydrogen) atoms. The molecule has 0 bridgehead atoms. The van der Waals surface area contributed by atoms with Crippen LogP contribution in [0.3, 0.4) is 0 Å². The van der Waals surface area contributed by atoms with Crippen molar-refractivity contribution in [3.63, 3.8) is 0 Å². The summed E-state index contributed by atoms with van der Waals surface area (Å²) in [6, 6.07) is 9.62. The van der Waals surface area contributed by atoms with Crippen molar-refractivity contribution < 1.29 is 42.1 Å². The summed E-state index contributed by atoms with van der Waals surface area (Å²) in [6.45, 7) is 10.1. The van der Waals surface area contributed by atoms with Crippen molar-refractivity contribution in [1.29, 1.82) is 0 Å². The Kier molecular flexibility index (Phi) is 14.1. The summed E-state index contributed by atoms with van der Waals surface area (Å²) in [7, 11) is 0. The van der Waals surface area contributed by atoms with Gasteiger partial charge in [-0.2, -0.15) is 0 Å². The zero-order valence-electron chi connectivity index (χ0n) is 15.5. The van der Waals surface area contributed by atoms with Gasteiger partial charge in [-0.1, -0.05) is 30.3 Å². The molecule has 1 aromatic rings. The molecule has 0 saturated heterocycles. The topological polar surface area (TPSA) is 84.2 Å². The van der Waals surface area contributed by atoms with Gasteiger partial charge in [0, 0.05) is 41.4 Å². The molecule has 0 aliphatic heterocycles. The smallest absolute Gasteiger partial charge is 0.0840 e. The largest absolute Gasteiger partial charge is 0.392 e. The van der Waals surface area contributed by atoms with Gasteiger partial charge in [-0.3, -0.25) is 4.90 Å². The second-order valence-corrected chi connectivity index (χ2v) is 6.69. The summed E-state index contributed by atoms with van der Waals surface area (Å²) < 4.78 is 0. The molecule has 138 valence electrons. The van der Waals surface area contributed by atoms with Crippen LogP contribution in [0.15, 0.2) is 30.3 Å². The fourth-order valence-corrected chi connectivity index (χ4v) is 2.19. The molecule has 0 spiro atoms. The quantitative estimate of drug-likeness (QED) is 0.541. The van der Waals surface area contributed by atoms with Crippen LogP contribution >= 0.6 is 0 Å². The summed E-state index contributed by atoms with van der Waals surface area (Å²) in [5.41, 5.74) is 0.247. The number of nitrogens with zero attached hydrogens (tertiary/aromatic N) is 1. The minimum atomic E-state index is -0.707. The summed E-state index contributed by atoms with van der Waals surface area (Å²) in [4.78, 5) is 1.85. The normalized spacial score (nSPS) is 14.9. The van der Waals surface area contributed by atoms with Crippen LogP contribution in [0.4, 0.5) is 0 Å². The maximum Gasteiger partial charge on any atom is 0.0840 e. The van der Waals surface area contributed by atoms with Crippen LogP contribution in [0.1, 0.15) is 40.2 Å². The van der Waals surface area contributed by atoms with E-state index in [2.05, 4.69) is 0 Å². The van der Waals surface area contributed by atoms with Crippen molar-refractivity contribution in [3.8, 4) is 0 Å². The molecule has 0 fully saturated rings. The molecule has 6 heteroatoms. The van der Waals surface area contributed by atoms with E-state index in [1.54, 1.807) is 34.6 Å². The van der Waals surface area contributed by atoms with Crippen LogP contribution in [-0.2, 0) is 27.3 Å². The van der Waals surface area contributed by atoms with Crippen molar-refractivity contribution in [2.24, 2.45) is 0 Å². The Hall–Kier alpha value is -0.266. The van der Waals surface area contributed by atoms with Crippen LogP contribution in [-0.4, -0.2) is 63.3 Å². The summed E-state index contributed by atoms with van der Waals surface area (Å²) in [5.74, 6) is 0. The van der Waals surface area contributed by atoms with E-state index >= 15 is 0 Å². The number of benzene rings is 1. The first-order valence-corrected chi connectivity index (χ1v) is 8.06. The van der Waals surface area contributed by atoms with Gasteiger partial charge in [0.15, 0.2) is 0 Å². The minimum absolute atomic E-state index is 0. The maximum absolute atomic E-state index is 9.49. The third-order valence-electron chi connectivity index (χ3n) is 3.05. The molecule has 4 N–H and O–H groups in total. The van der Waals surface area contributed by atoms with Gasteiger partial charge in [-0.05, 0) is 40.2 Å². The Morgan fingerprint density at radius 2 is 1.17 bits per heavy atom. The first kappa shape index (κ1) is 26.0. The first-order chi connectivity index (χ1) is 10.5. The molecule has 0 heterocycles. The number of hydrogen-bond acceptors (Lipinski definition) is 5. The molecule has 0 radical (unpaired) electrons. The zero-order chi connectivity index (χ0) is 18.0. The standard InChI is InChI=1S/C9H21NO3.C9H12O.Ti/c1-7(11)4-10(5-8(2)12)6-9(3)13;1-9(2,10)8-6-4-3-5-7-8;/h7-9,11-13H,4-6H2,1-3H3;3-7,10H,1-2H3;/t7-,8-,9+;;/m1../s1. The van der Waals surface area contributed by atoms with Gasteiger partial charge in [0.05, 0.1) is 23.9 Å². The molecule has 0 aromatic heterocycles. The predicted molar refractivity (Wildman–Crippen MR) is 93.2 cm³/mol. The number of hydrogen-bond donors (Lipinski definition) is 4. The molecular weight excluding hydrogens is 342 g/mol. The van der Waals surface area contributed by atoms with E-state index in [1.165, 1.54) is 0 Å². The molecule has 5 nitrogen and oxygen atoms in total. The molecule has 0 saturated carbocycles. The Bertz CT molecular complexity index is 381. The molecule has 1 rings (SSSR count). The van der Waals surface area contributed by atoms with Crippen LogP contribution in [0.2, 0.25) is 0 Å². The number of rotatable bonds is 7. The molecule has 0 aliphatic rings. The van der Waals surface area contributed by atoms with Crippen molar-refractivity contribution in [3.05, 3.63) is 35.9 Å². The Labute approximate surface area is 161 Å². The SMILES string of the molecule is CC(C)(O)c1ccccc1.C[C@H](O)CN(C[C@@H](C)O)C[C@@H](C)O.[Ti]. The van der Waals surface area contributed by atoms with E-state index in [4.69, 9.17) is 15.3 Å². The second kappa shape index (κ2) is 13.0. The van der Waals surface area contributed by atoms with Gasteiger partial charge in [0.2, 0.25) is 0 Å². The zero-order valence-corrected chi connectivity index (χ0v) is 17.0. The summed E-state index contributed by atoms with van der Waals surface area (Å²) in [5, 5.41) is 36.9. The van der Waals surface area contributed by atoms with Crippen molar-refractivity contribution in [1.82, 2.24) is 4.90 Å². The van der Waals surface area contributed by atoms with Gasteiger partial charge in [0.25, 0.3) is 0 Å². The number of aliphatic hydroxyl groups excluding tert-OH is 3. The third-order valence-corrected chi connectivity index (χ3v) is 3.05. The van der Waals surface area contributed by atoms with Crippen molar-refractivity contribution in [2.45, 2.75) is 58.5 Å². The van der Waals surface area contributed by atoms with Gasteiger partial charge >= 0.3 is 0 Å². The molecule has 0 unspecified atom stereocenters. The Morgan fingerprint density at radius 1 is 0.833 bits per heavy atom. The number of aliphatic hydroxyl groups is 4. The van der Waals surface area contributed by atoms with E-state index in [9.17, 15) is 5.11 Å². The van der Waals surface area contributed by atoms with E-state index in [0.717, 1.165) is 5.56 Å². The van der Waals surface area contributed by atoms with Gasteiger partial charge in [0.1, 0.15) is 0 Å². The Balaban J connectivity index is 0. The molecule has 3 atom stereocenters. The van der Waals surface area contributed by atoms with E-state index in [0.29, 0.717) is 19.6 Å². The van der Waals surface area contributed by atoms with Gasteiger partial charge in [-0.15, -0.1) is 0 Å². The predicted octanol–water partition coefficient (Wildman–Crippen LogP) is 1.34. The fourth-order valence-electron chi connectivity index (χ4n) is 2.19. The van der Waals surface area contributed by atoms with Crippen molar-refractivity contribution in [2.75, 3.05) is 19.6 Å². The van der Waals surface area contributed by atoms with Crippen LogP contribution < -0.4 is 0 Å². The summed E-state index contributed by atoms with van der Waals surface area (Å²) in [6.07, 6.45) is -1.30. The van der Waals surface area contributed by atoms with Crippen molar-refractivity contribution >= 4 is 0 Å².